The van der Waals surface area contributed by atoms with Crippen molar-refractivity contribution in [1.29, 1.82) is 0 Å². The van der Waals surface area contributed by atoms with Crippen molar-refractivity contribution in [1.82, 2.24) is 15.1 Å². The molecule has 2 aromatic heterocycles. The molecule has 0 fully saturated rings. The van der Waals surface area contributed by atoms with Crippen molar-refractivity contribution in [2.75, 3.05) is 0 Å². The third-order valence-corrected chi connectivity index (χ3v) is 6.58. The molecule has 33 heavy (non-hydrogen) atoms. The van der Waals surface area contributed by atoms with Crippen LogP contribution < -0.4 is 5.32 Å². The van der Waals surface area contributed by atoms with E-state index in [1.807, 2.05) is 80.6 Å². The molecular weight excluding hydrogens is 454 g/mol. The molecule has 7 heteroatoms. The highest BCUT2D eigenvalue weighted by molar-refractivity contribution is 7.18. The van der Waals surface area contributed by atoms with Gasteiger partial charge in [0.15, 0.2) is 0 Å². The first-order valence-electron chi connectivity index (χ1n) is 10.7. The maximum Gasteiger partial charge on any atom is 0.251 e. The Morgan fingerprint density at radius 3 is 2.48 bits per heavy atom. The number of nitrogens with one attached hydrogen (secondary N) is 1. The second kappa shape index (κ2) is 9.14. The van der Waals surface area contributed by atoms with Crippen molar-refractivity contribution < 1.29 is 9.90 Å². The van der Waals surface area contributed by atoms with Gasteiger partial charge in [0.05, 0.1) is 27.0 Å². The number of nitrogens with zero attached hydrogens (tertiary/aromatic N) is 2. The van der Waals surface area contributed by atoms with E-state index in [1.165, 1.54) is 0 Å². The Morgan fingerprint density at radius 1 is 1.06 bits per heavy atom. The Bertz CT molecular complexity index is 1300. The Hall–Kier alpha value is -2.93. The number of benzene rings is 2. The molecule has 0 spiro atoms. The zero-order valence-corrected chi connectivity index (χ0v) is 20.5. The molecule has 0 aliphatic heterocycles. The summed E-state index contributed by atoms with van der Waals surface area (Å²) in [5.74, 6) is -0.0877. The number of aliphatic hydroxyl groups is 1. The Morgan fingerprint density at radius 2 is 1.79 bits per heavy atom. The number of para-hydroxylation sites is 1. The largest absolute Gasteiger partial charge is 0.384 e. The first-order valence-corrected chi connectivity index (χ1v) is 11.9. The molecule has 170 valence electrons. The topological polar surface area (TPSA) is 67.2 Å². The van der Waals surface area contributed by atoms with E-state index in [2.05, 4.69) is 10.4 Å². The summed E-state index contributed by atoms with van der Waals surface area (Å²) in [7, 11) is 0. The van der Waals surface area contributed by atoms with E-state index in [0.717, 1.165) is 26.7 Å². The van der Waals surface area contributed by atoms with Crippen molar-refractivity contribution in [3.05, 3.63) is 83.0 Å². The fourth-order valence-corrected chi connectivity index (χ4v) is 4.67. The van der Waals surface area contributed by atoms with Gasteiger partial charge in [-0.25, -0.2) is 4.68 Å². The van der Waals surface area contributed by atoms with Gasteiger partial charge in [-0.3, -0.25) is 4.79 Å². The molecule has 2 heterocycles. The number of carbonyl (C=O) groups excluding carboxylic acids is 1. The van der Waals surface area contributed by atoms with Gasteiger partial charge < -0.3 is 10.4 Å². The summed E-state index contributed by atoms with van der Waals surface area (Å²) in [5, 5.41) is 18.8. The number of rotatable bonds is 6. The van der Waals surface area contributed by atoms with Crippen LogP contribution in [0.4, 0.5) is 0 Å². The lowest BCUT2D eigenvalue weighted by Crippen LogP contribution is -2.29. The first-order chi connectivity index (χ1) is 15.6. The normalized spacial score (nSPS) is 11.7. The number of thiophene rings is 1. The van der Waals surface area contributed by atoms with Gasteiger partial charge in [-0.05, 0) is 75.7 Å². The number of amides is 1. The summed E-state index contributed by atoms with van der Waals surface area (Å²) < 4.78 is 1.78. The fourth-order valence-electron chi connectivity index (χ4n) is 3.45. The third kappa shape index (κ3) is 5.03. The van der Waals surface area contributed by atoms with E-state index in [9.17, 15) is 9.90 Å². The summed E-state index contributed by atoms with van der Waals surface area (Å²) in [4.78, 5) is 14.4. The van der Waals surface area contributed by atoms with Crippen LogP contribution in [0.15, 0.2) is 66.7 Å². The number of hydrogen-bond acceptors (Lipinski definition) is 4. The van der Waals surface area contributed by atoms with Gasteiger partial charge in [-0.2, -0.15) is 5.10 Å². The molecule has 0 saturated carbocycles. The second-order valence-corrected chi connectivity index (χ2v) is 10.2. The molecule has 2 aromatic carbocycles. The molecule has 0 bridgehead atoms. The van der Waals surface area contributed by atoms with E-state index >= 15 is 0 Å². The van der Waals surface area contributed by atoms with Crippen LogP contribution >= 0.6 is 22.9 Å². The van der Waals surface area contributed by atoms with Crippen molar-refractivity contribution in [2.24, 2.45) is 0 Å². The zero-order chi connectivity index (χ0) is 23.8. The quantitative estimate of drug-likeness (QED) is 0.341. The SMILES string of the molecule is CC(C)NC(=O)c1cccc(-c2ccc(-c3cc(C(C)(C)O)nn3-c3ccccc3Cl)s2)c1. The highest BCUT2D eigenvalue weighted by Crippen LogP contribution is 2.38. The van der Waals surface area contributed by atoms with E-state index in [0.29, 0.717) is 16.3 Å². The summed E-state index contributed by atoms with van der Waals surface area (Å²) in [5.41, 5.74) is 2.63. The van der Waals surface area contributed by atoms with Crippen LogP contribution in [0.1, 0.15) is 43.7 Å². The van der Waals surface area contributed by atoms with Crippen molar-refractivity contribution in [3.63, 3.8) is 0 Å². The standard InChI is InChI=1S/C26H26ClN3O2S/c1-16(2)28-25(31)18-9-7-8-17(14-18)22-12-13-23(33-22)21-15-24(26(3,4)32)29-30(21)20-11-6-5-10-19(20)27/h5-16,32H,1-4H3,(H,28,31). The first kappa shape index (κ1) is 23.2. The van der Waals surface area contributed by atoms with E-state index in [4.69, 9.17) is 11.6 Å². The third-order valence-electron chi connectivity index (χ3n) is 5.10. The Labute approximate surface area is 202 Å². The summed E-state index contributed by atoms with van der Waals surface area (Å²) >= 11 is 8.06. The second-order valence-electron chi connectivity index (χ2n) is 8.71. The van der Waals surface area contributed by atoms with Crippen LogP contribution in [-0.2, 0) is 5.60 Å². The minimum atomic E-state index is -1.10. The predicted molar refractivity (Wildman–Crippen MR) is 135 cm³/mol. The average Bonchev–Trinajstić information content (AvgIpc) is 3.41. The number of carbonyl (C=O) groups is 1. The Kier molecular flexibility index (Phi) is 6.43. The highest BCUT2D eigenvalue weighted by Gasteiger charge is 2.24. The molecule has 5 nitrogen and oxygen atoms in total. The minimum Gasteiger partial charge on any atom is -0.384 e. The molecular formula is C26H26ClN3O2S. The van der Waals surface area contributed by atoms with E-state index in [1.54, 1.807) is 29.9 Å². The molecule has 0 saturated heterocycles. The molecule has 4 rings (SSSR count). The number of aromatic nitrogens is 2. The van der Waals surface area contributed by atoms with Gasteiger partial charge >= 0.3 is 0 Å². The minimum absolute atomic E-state index is 0.0737. The molecule has 0 aliphatic carbocycles. The average molecular weight is 480 g/mol. The molecule has 2 N–H and O–H groups in total. The maximum absolute atomic E-state index is 12.4. The molecule has 4 aromatic rings. The monoisotopic (exact) mass is 479 g/mol. The lowest BCUT2D eigenvalue weighted by Gasteiger charge is -2.13. The van der Waals surface area contributed by atoms with E-state index < -0.39 is 5.60 Å². The fraction of sp³-hybridized carbons (Fsp3) is 0.231. The zero-order valence-electron chi connectivity index (χ0n) is 19.0. The van der Waals surface area contributed by atoms with Crippen LogP contribution in [0.2, 0.25) is 5.02 Å². The lowest BCUT2D eigenvalue weighted by atomic mass is 10.1. The molecule has 0 atom stereocenters. The molecule has 0 aliphatic rings. The van der Waals surface area contributed by atoms with Crippen LogP contribution in [0.3, 0.4) is 0 Å². The number of halogens is 1. The van der Waals surface area contributed by atoms with Crippen LogP contribution in [-0.4, -0.2) is 26.8 Å². The summed E-state index contributed by atoms with van der Waals surface area (Å²) in [6.07, 6.45) is 0. The lowest BCUT2D eigenvalue weighted by molar-refractivity contribution is 0.0734. The van der Waals surface area contributed by atoms with Crippen molar-refractivity contribution in [2.45, 2.75) is 39.3 Å². The molecule has 1 amide bonds. The summed E-state index contributed by atoms with van der Waals surface area (Å²) in [6.45, 7) is 7.31. The maximum atomic E-state index is 12.4. The van der Waals surface area contributed by atoms with Crippen LogP contribution in [0, 0.1) is 0 Å². The van der Waals surface area contributed by atoms with Gasteiger partial charge in [0, 0.05) is 16.5 Å². The molecule has 0 unspecified atom stereocenters. The predicted octanol–water partition coefficient (Wildman–Crippen LogP) is 6.29. The van der Waals surface area contributed by atoms with Gasteiger partial charge in [0.1, 0.15) is 5.60 Å². The van der Waals surface area contributed by atoms with Crippen LogP contribution in [0.5, 0.6) is 0 Å². The van der Waals surface area contributed by atoms with Gasteiger partial charge in [0.25, 0.3) is 5.91 Å². The van der Waals surface area contributed by atoms with E-state index in [-0.39, 0.29) is 11.9 Å². The Balaban J connectivity index is 1.76. The smallest absolute Gasteiger partial charge is 0.251 e. The van der Waals surface area contributed by atoms with Gasteiger partial charge in [0.2, 0.25) is 0 Å². The van der Waals surface area contributed by atoms with Crippen LogP contribution in [0.25, 0.3) is 26.7 Å². The van der Waals surface area contributed by atoms with Gasteiger partial charge in [-0.1, -0.05) is 35.9 Å². The summed E-state index contributed by atoms with van der Waals surface area (Å²) in [6, 6.07) is 21.1. The van der Waals surface area contributed by atoms with Gasteiger partial charge in [-0.15, -0.1) is 11.3 Å². The number of hydrogen-bond donors (Lipinski definition) is 2. The molecule has 0 radical (unpaired) electrons. The van der Waals surface area contributed by atoms with Crippen molar-refractivity contribution in [3.8, 4) is 26.7 Å². The highest BCUT2D eigenvalue weighted by atomic mass is 35.5. The van der Waals surface area contributed by atoms with Crippen molar-refractivity contribution >= 4 is 28.8 Å².